The fraction of sp³-hybridized carbons (Fsp3) is 0.542. The first kappa shape index (κ1) is 22.8. The summed E-state index contributed by atoms with van der Waals surface area (Å²) >= 11 is 5.87. The Kier molecular flexibility index (Phi) is 7.81. The van der Waals surface area contributed by atoms with Gasteiger partial charge in [-0.05, 0) is 68.7 Å². The van der Waals surface area contributed by atoms with Gasteiger partial charge >= 0.3 is 0 Å². The maximum Gasteiger partial charge on any atom is 0.251 e. The highest BCUT2D eigenvalue weighted by atomic mass is 35.5. The molecule has 32 heavy (non-hydrogen) atoms. The number of rotatable bonds is 8. The summed E-state index contributed by atoms with van der Waals surface area (Å²) in [4.78, 5) is 23.3. The monoisotopic (exact) mass is 458 g/mol. The van der Waals surface area contributed by atoms with Crippen LogP contribution in [0.2, 0.25) is 5.02 Å². The minimum atomic E-state index is -0.0418. The van der Waals surface area contributed by atoms with E-state index >= 15 is 0 Å². The van der Waals surface area contributed by atoms with Crippen molar-refractivity contribution < 1.29 is 14.3 Å². The number of carbonyl (C=O) groups excluding carboxylic acids is 1. The predicted molar refractivity (Wildman–Crippen MR) is 125 cm³/mol. The average molecular weight is 459 g/mol. The van der Waals surface area contributed by atoms with Gasteiger partial charge in [-0.3, -0.25) is 4.79 Å². The molecule has 1 amide bonds. The van der Waals surface area contributed by atoms with Crippen LogP contribution in [0.15, 0.2) is 30.6 Å². The second-order valence-electron chi connectivity index (χ2n) is 8.63. The number of nitrogens with zero attached hydrogens (tertiary/aromatic N) is 3. The molecule has 172 valence electrons. The third-order valence-corrected chi connectivity index (χ3v) is 6.43. The molecule has 2 aliphatic rings. The molecule has 3 heterocycles. The maximum absolute atomic E-state index is 12.5. The number of nitrogens with one attached hydrogen (secondary N) is 1. The van der Waals surface area contributed by atoms with Crippen LogP contribution in [0.25, 0.3) is 0 Å². The van der Waals surface area contributed by atoms with E-state index in [1.165, 1.54) is 0 Å². The topological polar surface area (TPSA) is 76.6 Å². The van der Waals surface area contributed by atoms with E-state index in [9.17, 15) is 4.79 Å². The van der Waals surface area contributed by atoms with Gasteiger partial charge in [0, 0.05) is 25.3 Å². The quantitative estimate of drug-likeness (QED) is 0.602. The number of halogens is 1. The van der Waals surface area contributed by atoms with E-state index in [-0.39, 0.29) is 11.9 Å². The van der Waals surface area contributed by atoms with Crippen LogP contribution in [0.3, 0.4) is 0 Å². The van der Waals surface area contributed by atoms with Gasteiger partial charge in [0.05, 0.1) is 36.7 Å². The second kappa shape index (κ2) is 11.0. The van der Waals surface area contributed by atoms with E-state index in [1.54, 1.807) is 12.4 Å². The fourth-order valence-corrected chi connectivity index (χ4v) is 4.44. The summed E-state index contributed by atoms with van der Waals surface area (Å²) in [7, 11) is 0. The van der Waals surface area contributed by atoms with Crippen molar-refractivity contribution in [2.45, 2.75) is 45.1 Å². The Hall–Kier alpha value is -2.38. The van der Waals surface area contributed by atoms with Gasteiger partial charge in [-0.15, -0.1) is 0 Å². The Labute approximate surface area is 194 Å². The molecule has 0 radical (unpaired) electrons. The molecular formula is C24H31ClN4O3. The molecule has 7 nitrogen and oxygen atoms in total. The number of benzene rings is 1. The number of anilines is 1. The molecule has 0 saturated carbocycles. The lowest BCUT2D eigenvalue weighted by Crippen LogP contribution is -2.35. The number of aromatic nitrogens is 2. The van der Waals surface area contributed by atoms with Crippen molar-refractivity contribution in [3.63, 3.8) is 0 Å². The van der Waals surface area contributed by atoms with Crippen molar-refractivity contribution in [2.24, 2.45) is 5.92 Å². The summed E-state index contributed by atoms with van der Waals surface area (Å²) < 4.78 is 11.3. The SMILES string of the molecule is Cc1cc(OCCCC2CCN(c3ncc(Cl)cn3)CC2)ccc1C(=O)N[C@@H]1CCOC1. The molecule has 2 fully saturated rings. The van der Waals surface area contributed by atoms with Crippen LogP contribution < -0.4 is 15.0 Å². The Morgan fingerprint density at radius 1 is 1.25 bits per heavy atom. The van der Waals surface area contributed by atoms with Crippen molar-refractivity contribution >= 4 is 23.5 Å². The van der Waals surface area contributed by atoms with Crippen LogP contribution in [0.4, 0.5) is 5.95 Å². The van der Waals surface area contributed by atoms with Gasteiger partial charge in [0.2, 0.25) is 5.95 Å². The molecule has 1 aromatic heterocycles. The summed E-state index contributed by atoms with van der Waals surface area (Å²) in [6.45, 7) is 5.90. The second-order valence-corrected chi connectivity index (χ2v) is 9.07. The number of carbonyl (C=O) groups is 1. The molecule has 2 aliphatic heterocycles. The van der Waals surface area contributed by atoms with E-state index < -0.39 is 0 Å². The summed E-state index contributed by atoms with van der Waals surface area (Å²) in [6.07, 6.45) is 8.63. The highest BCUT2D eigenvalue weighted by Gasteiger charge is 2.21. The van der Waals surface area contributed by atoms with Crippen molar-refractivity contribution in [3.8, 4) is 5.75 Å². The summed E-state index contributed by atoms with van der Waals surface area (Å²) in [5.74, 6) is 2.24. The maximum atomic E-state index is 12.5. The van der Waals surface area contributed by atoms with E-state index in [2.05, 4.69) is 20.2 Å². The lowest BCUT2D eigenvalue weighted by Gasteiger charge is -2.31. The van der Waals surface area contributed by atoms with Gasteiger partial charge in [0.15, 0.2) is 0 Å². The third kappa shape index (κ3) is 6.11. The average Bonchev–Trinajstić information content (AvgIpc) is 3.31. The van der Waals surface area contributed by atoms with Gasteiger partial charge in [0.1, 0.15) is 5.75 Å². The lowest BCUT2D eigenvalue weighted by molar-refractivity contribution is 0.0929. The van der Waals surface area contributed by atoms with Crippen molar-refractivity contribution in [2.75, 3.05) is 37.8 Å². The molecular weight excluding hydrogens is 428 g/mol. The molecule has 1 aromatic carbocycles. The van der Waals surface area contributed by atoms with Crippen LogP contribution in [0.5, 0.6) is 5.75 Å². The Balaban J connectivity index is 1.16. The van der Waals surface area contributed by atoms with Gasteiger partial charge in [-0.1, -0.05) is 11.6 Å². The zero-order valence-electron chi connectivity index (χ0n) is 18.6. The third-order valence-electron chi connectivity index (χ3n) is 6.24. The first-order valence-electron chi connectivity index (χ1n) is 11.4. The highest BCUT2D eigenvalue weighted by Crippen LogP contribution is 2.25. The standard InChI is InChI=1S/C24H31ClN4O3/c1-17-13-21(4-5-22(17)23(30)28-20-8-12-31-16-20)32-11-2-3-18-6-9-29(10-7-18)24-26-14-19(25)15-27-24/h4-5,13-15,18,20H,2-3,6-12,16H2,1H3,(H,28,30)/t20-/m1/s1. The Morgan fingerprint density at radius 2 is 2.03 bits per heavy atom. The summed E-state index contributed by atoms with van der Waals surface area (Å²) in [5.41, 5.74) is 1.62. The van der Waals surface area contributed by atoms with Crippen molar-refractivity contribution in [1.29, 1.82) is 0 Å². The molecule has 0 spiro atoms. The van der Waals surface area contributed by atoms with E-state index in [0.29, 0.717) is 36.3 Å². The van der Waals surface area contributed by atoms with Gasteiger partial charge in [-0.2, -0.15) is 0 Å². The zero-order chi connectivity index (χ0) is 22.3. The molecule has 4 rings (SSSR count). The molecule has 0 bridgehead atoms. The summed E-state index contributed by atoms with van der Waals surface area (Å²) in [6, 6.07) is 5.80. The minimum Gasteiger partial charge on any atom is -0.494 e. The number of hydrogen-bond donors (Lipinski definition) is 1. The largest absolute Gasteiger partial charge is 0.494 e. The van der Waals surface area contributed by atoms with Crippen molar-refractivity contribution in [1.82, 2.24) is 15.3 Å². The first-order chi connectivity index (χ1) is 15.6. The van der Waals surface area contributed by atoms with Crippen LogP contribution in [0, 0.1) is 12.8 Å². The van der Waals surface area contributed by atoms with Crippen LogP contribution >= 0.6 is 11.6 Å². The van der Waals surface area contributed by atoms with Gasteiger partial charge in [0.25, 0.3) is 5.91 Å². The minimum absolute atomic E-state index is 0.0418. The molecule has 0 unspecified atom stereocenters. The van der Waals surface area contributed by atoms with Gasteiger partial charge < -0.3 is 19.7 Å². The normalized spacial score (nSPS) is 19.2. The number of aryl methyl sites for hydroxylation is 1. The first-order valence-corrected chi connectivity index (χ1v) is 11.8. The smallest absolute Gasteiger partial charge is 0.251 e. The Morgan fingerprint density at radius 3 is 2.72 bits per heavy atom. The molecule has 0 aliphatic carbocycles. The van der Waals surface area contributed by atoms with E-state index in [4.69, 9.17) is 21.1 Å². The fourth-order valence-electron chi connectivity index (χ4n) is 4.34. The van der Waals surface area contributed by atoms with Crippen molar-refractivity contribution in [3.05, 3.63) is 46.7 Å². The number of amides is 1. The molecule has 1 atom stereocenters. The molecule has 2 aromatic rings. The number of hydrogen-bond acceptors (Lipinski definition) is 6. The Bertz CT molecular complexity index is 895. The van der Waals surface area contributed by atoms with E-state index in [0.717, 1.165) is 62.5 Å². The lowest BCUT2D eigenvalue weighted by atomic mass is 9.92. The molecule has 1 N–H and O–H groups in total. The summed E-state index contributed by atoms with van der Waals surface area (Å²) in [5, 5.41) is 3.60. The highest BCUT2D eigenvalue weighted by molar-refractivity contribution is 6.30. The van der Waals surface area contributed by atoms with Gasteiger partial charge in [-0.25, -0.2) is 9.97 Å². The van der Waals surface area contributed by atoms with Crippen LogP contribution in [0.1, 0.15) is 48.0 Å². The molecule has 2 saturated heterocycles. The van der Waals surface area contributed by atoms with E-state index in [1.807, 2.05) is 25.1 Å². The van der Waals surface area contributed by atoms with Crippen LogP contribution in [-0.4, -0.2) is 54.8 Å². The zero-order valence-corrected chi connectivity index (χ0v) is 19.3. The van der Waals surface area contributed by atoms with Crippen LogP contribution in [-0.2, 0) is 4.74 Å². The number of piperidine rings is 1. The predicted octanol–water partition coefficient (Wildman–Crippen LogP) is 4.03. The molecule has 8 heteroatoms. The number of ether oxygens (including phenoxy) is 2.